The molecule has 2 atom stereocenters. The number of nitro groups is 4. The minimum atomic E-state index is -0.995. The maximum Gasteiger partial charge on any atom is 0.338 e. The smallest absolute Gasteiger partial charge is 0.338 e. The van der Waals surface area contributed by atoms with Crippen LogP contribution in [0.15, 0.2) is 59.2 Å². The summed E-state index contributed by atoms with van der Waals surface area (Å²) >= 11 is 0. The number of nitro benzene ring substituents is 4. The van der Waals surface area contributed by atoms with Crippen molar-refractivity contribution in [2.75, 3.05) is 13.2 Å². The number of non-ortho nitro benzene ring substituents is 4. The zero-order chi connectivity index (χ0) is 36.3. The Hall–Kier alpha value is -5.54. The second-order valence-electron chi connectivity index (χ2n) is 14.9. The fourth-order valence-electron chi connectivity index (χ4n) is 8.45. The Balaban J connectivity index is 1.54. The molecule has 0 saturated heterocycles. The second kappa shape index (κ2) is 11.9. The van der Waals surface area contributed by atoms with Crippen molar-refractivity contribution in [1.82, 2.24) is 0 Å². The molecule has 0 heterocycles. The van der Waals surface area contributed by atoms with Gasteiger partial charge < -0.3 is 9.47 Å². The monoisotopic (exact) mass is 678 g/mol. The maximum atomic E-state index is 13.4. The standard InChI is InChI=1S/C33H34N4O12/c1-30(2)15-32(5)13-21-12-31(3,4)26(14-48-28(38)19-6-22(34(40)41)10-23(7-19)35(42)43)27(21)33(16-30,17-32)18-49-29(39)20-8-24(36(44)45)11-25(9-20)37(46)47/h6-11,13H,12,14-18H2,1-5H3/t32-,33-/m0/s1. The first-order valence-electron chi connectivity index (χ1n) is 15.3. The molecule has 0 amide bonds. The lowest BCUT2D eigenvalue weighted by molar-refractivity contribution is -0.394. The van der Waals surface area contributed by atoms with Gasteiger partial charge in [0.15, 0.2) is 0 Å². The summed E-state index contributed by atoms with van der Waals surface area (Å²) in [5.41, 5.74) is -2.59. The SMILES string of the molecule is CC1(C)C[C@]2(C)C=C3CC(C)(C)C(COC(=O)c4cc([N+](=O)[O-])cc([N+](=O)[O-])c4)=C3[C@@](COC(=O)c3cc([N+](=O)[O-])cc([N+](=O)[O-])c3)(C1)C2. The van der Waals surface area contributed by atoms with Crippen molar-refractivity contribution in [3.8, 4) is 0 Å². The molecule has 0 unspecified atom stereocenters. The van der Waals surface area contributed by atoms with Crippen molar-refractivity contribution in [1.29, 1.82) is 0 Å². The summed E-state index contributed by atoms with van der Waals surface area (Å²) in [6.45, 7) is 9.84. The van der Waals surface area contributed by atoms with Gasteiger partial charge in [-0.25, -0.2) is 9.59 Å². The van der Waals surface area contributed by atoms with Crippen LogP contribution in [0.3, 0.4) is 0 Å². The van der Waals surface area contributed by atoms with Gasteiger partial charge in [-0.1, -0.05) is 40.7 Å². The van der Waals surface area contributed by atoms with Crippen molar-refractivity contribution in [3.63, 3.8) is 0 Å². The molecule has 0 spiro atoms. The molecule has 49 heavy (non-hydrogen) atoms. The predicted molar refractivity (Wildman–Crippen MR) is 172 cm³/mol. The number of carbonyl (C=O) groups is 2. The van der Waals surface area contributed by atoms with Gasteiger partial charge in [0, 0.05) is 29.7 Å². The number of fused-ring (bicyclic) bond motifs is 4. The third-order valence-corrected chi connectivity index (χ3v) is 9.51. The van der Waals surface area contributed by atoms with Crippen LogP contribution in [-0.2, 0) is 9.47 Å². The maximum absolute atomic E-state index is 13.4. The summed E-state index contributed by atoms with van der Waals surface area (Å²) in [5.74, 6) is -1.97. The molecule has 2 bridgehead atoms. The van der Waals surface area contributed by atoms with E-state index >= 15 is 0 Å². The van der Waals surface area contributed by atoms with Gasteiger partial charge in [0.2, 0.25) is 0 Å². The molecule has 16 heteroatoms. The molecule has 0 N–H and O–H groups in total. The Morgan fingerprint density at radius 3 is 1.57 bits per heavy atom. The van der Waals surface area contributed by atoms with Crippen LogP contribution >= 0.6 is 0 Å². The van der Waals surface area contributed by atoms with E-state index in [1.54, 1.807) is 0 Å². The van der Waals surface area contributed by atoms with Crippen molar-refractivity contribution < 1.29 is 38.8 Å². The quantitative estimate of drug-likeness (QED) is 0.138. The molecule has 3 aliphatic rings. The third-order valence-electron chi connectivity index (χ3n) is 9.51. The Labute approximate surface area is 279 Å². The predicted octanol–water partition coefficient (Wildman–Crippen LogP) is 7.20. The number of allylic oxidation sites excluding steroid dienone is 2. The van der Waals surface area contributed by atoms with Crippen LogP contribution in [0.25, 0.3) is 0 Å². The Bertz CT molecular complexity index is 1850. The van der Waals surface area contributed by atoms with Crippen LogP contribution in [-0.4, -0.2) is 44.8 Å². The molecular weight excluding hydrogens is 644 g/mol. The highest BCUT2D eigenvalue weighted by molar-refractivity contribution is 5.92. The van der Waals surface area contributed by atoms with Crippen LogP contribution in [0.5, 0.6) is 0 Å². The van der Waals surface area contributed by atoms with Crippen LogP contribution in [0.2, 0.25) is 0 Å². The third kappa shape index (κ3) is 6.75. The van der Waals surface area contributed by atoms with Gasteiger partial charge in [-0.2, -0.15) is 0 Å². The summed E-state index contributed by atoms with van der Waals surface area (Å²) in [4.78, 5) is 68.9. The minimum absolute atomic E-state index is 0.168. The molecule has 258 valence electrons. The average molecular weight is 679 g/mol. The molecule has 5 rings (SSSR count). The van der Waals surface area contributed by atoms with Crippen molar-refractivity contribution in [3.05, 3.63) is 111 Å². The highest BCUT2D eigenvalue weighted by Gasteiger charge is 2.58. The van der Waals surface area contributed by atoms with Crippen LogP contribution in [0.1, 0.15) is 81.0 Å². The first kappa shape index (κ1) is 34.8. The molecule has 16 nitrogen and oxygen atoms in total. The average Bonchev–Trinajstić information content (AvgIpc) is 3.25. The van der Waals surface area contributed by atoms with Gasteiger partial charge in [0.1, 0.15) is 13.2 Å². The lowest BCUT2D eigenvalue weighted by Gasteiger charge is -2.56. The van der Waals surface area contributed by atoms with E-state index in [9.17, 15) is 50.0 Å². The van der Waals surface area contributed by atoms with Gasteiger partial charge in [-0.05, 0) is 58.6 Å². The minimum Gasteiger partial charge on any atom is -0.461 e. The number of hydrogen-bond acceptors (Lipinski definition) is 12. The molecule has 0 aliphatic heterocycles. The number of ether oxygens (including phenoxy) is 2. The van der Waals surface area contributed by atoms with E-state index < -0.39 is 65.2 Å². The summed E-state index contributed by atoms with van der Waals surface area (Å²) in [6, 6.07) is 5.18. The number of nitrogens with zero attached hydrogens (tertiary/aromatic N) is 4. The fourth-order valence-corrected chi connectivity index (χ4v) is 8.45. The largest absolute Gasteiger partial charge is 0.461 e. The number of benzene rings is 2. The van der Waals surface area contributed by atoms with Gasteiger partial charge in [-0.15, -0.1) is 0 Å². The van der Waals surface area contributed by atoms with Crippen molar-refractivity contribution >= 4 is 34.7 Å². The molecule has 2 aromatic carbocycles. The van der Waals surface area contributed by atoms with Crippen molar-refractivity contribution in [2.45, 2.75) is 60.3 Å². The van der Waals surface area contributed by atoms with E-state index in [0.717, 1.165) is 59.5 Å². The summed E-state index contributed by atoms with van der Waals surface area (Å²) in [6.07, 6.45) is 4.72. The van der Waals surface area contributed by atoms with Crippen LogP contribution < -0.4 is 0 Å². The summed E-state index contributed by atoms with van der Waals surface area (Å²) in [5, 5.41) is 45.7. The number of esters is 2. The van der Waals surface area contributed by atoms with Gasteiger partial charge in [0.25, 0.3) is 22.7 Å². The van der Waals surface area contributed by atoms with E-state index in [2.05, 4.69) is 26.8 Å². The molecule has 1 saturated carbocycles. The molecule has 0 radical (unpaired) electrons. The first-order chi connectivity index (χ1) is 22.6. The van der Waals surface area contributed by atoms with Gasteiger partial charge >= 0.3 is 11.9 Å². The second-order valence-corrected chi connectivity index (χ2v) is 14.9. The highest BCUT2D eigenvalue weighted by Crippen LogP contribution is 2.67. The van der Waals surface area contributed by atoms with Crippen LogP contribution in [0, 0.1) is 62.1 Å². The normalized spacial score (nSPS) is 23.2. The van der Waals surface area contributed by atoms with E-state index in [4.69, 9.17) is 9.47 Å². The lowest BCUT2D eigenvalue weighted by Crippen LogP contribution is -2.48. The first-order valence-corrected chi connectivity index (χ1v) is 15.3. The number of carbonyl (C=O) groups excluding carboxylic acids is 2. The molecule has 0 aromatic heterocycles. The number of hydrogen-bond donors (Lipinski definition) is 0. The Morgan fingerprint density at radius 1 is 0.673 bits per heavy atom. The fraction of sp³-hybridized carbons (Fsp3) is 0.455. The zero-order valence-corrected chi connectivity index (χ0v) is 27.5. The number of rotatable bonds is 10. The Kier molecular flexibility index (Phi) is 8.42. The van der Waals surface area contributed by atoms with E-state index in [1.165, 1.54) is 0 Å². The van der Waals surface area contributed by atoms with Crippen molar-refractivity contribution in [2.24, 2.45) is 21.7 Å². The lowest BCUT2D eigenvalue weighted by atomic mass is 9.49. The topological polar surface area (TPSA) is 225 Å². The summed E-state index contributed by atoms with van der Waals surface area (Å²) in [7, 11) is 0. The van der Waals surface area contributed by atoms with E-state index in [1.807, 2.05) is 13.8 Å². The molecule has 3 aliphatic carbocycles. The van der Waals surface area contributed by atoms with E-state index in [-0.39, 0.29) is 35.2 Å². The highest BCUT2D eigenvalue weighted by atomic mass is 16.6. The molecule has 2 aromatic rings. The van der Waals surface area contributed by atoms with E-state index in [0.29, 0.717) is 19.3 Å². The zero-order valence-electron chi connectivity index (χ0n) is 27.5. The Morgan fingerprint density at radius 2 is 1.12 bits per heavy atom. The summed E-state index contributed by atoms with van der Waals surface area (Å²) < 4.78 is 11.5. The molecule has 1 fully saturated rings. The van der Waals surface area contributed by atoms with Gasteiger partial charge in [0.05, 0.1) is 43.0 Å². The van der Waals surface area contributed by atoms with Gasteiger partial charge in [-0.3, -0.25) is 40.5 Å². The molecular formula is C33H34N4O12. The van der Waals surface area contributed by atoms with Crippen LogP contribution in [0.4, 0.5) is 22.7 Å².